The first-order valence-corrected chi connectivity index (χ1v) is 7.31. The molecule has 0 aliphatic rings. The van der Waals surface area contributed by atoms with Gasteiger partial charge in [0.2, 0.25) is 5.91 Å². The number of hydrogen-bond donors (Lipinski definition) is 1. The third-order valence-corrected chi connectivity index (χ3v) is 3.51. The standard InChI is InChI=1S/C18H21FN2O/c1-21(2)17(15-6-4-3-5-7-15)18(22)20-13-12-14-8-10-16(19)11-9-14/h3-11,17H,12-13H2,1-2H3,(H,20,22)/t17-/m0/s1. The van der Waals surface area contributed by atoms with Crippen LogP contribution in [0.5, 0.6) is 0 Å². The number of carbonyl (C=O) groups is 1. The molecule has 0 heterocycles. The number of benzene rings is 2. The van der Waals surface area contributed by atoms with Gasteiger partial charge in [-0.2, -0.15) is 0 Å². The van der Waals surface area contributed by atoms with Crippen molar-refractivity contribution in [3.05, 3.63) is 71.5 Å². The molecule has 3 nitrogen and oxygen atoms in total. The van der Waals surface area contributed by atoms with E-state index in [2.05, 4.69) is 5.32 Å². The molecular weight excluding hydrogens is 279 g/mol. The molecule has 0 aliphatic heterocycles. The number of amides is 1. The van der Waals surface area contributed by atoms with Crippen LogP contribution in [0.3, 0.4) is 0 Å². The van der Waals surface area contributed by atoms with Crippen LogP contribution in [-0.2, 0) is 11.2 Å². The predicted molar refractivity (Wildman–Crippen MR) is 86.0 cm³/mol. The van der Waals surface area contributed by atoms with Gasteiger partial charge in [0.1, 0.15) is 11.9 Å². The normalized spacial score (nSPS) is 12.2. The van der Waals surface area contributed by atoms with Gasteiger partial charge in [0.25, 0.3) is 0 Å². The van der Waals surface area contributed by atoms with E-state index >= 15 is 0 Å². The third-order valence-electron chi connectivity index (χ3n) is 3.51. The van der Waals surface area contributed by atoms with Gasteiger partial charge in [-0.25, -0.2) is 4.39 Å². The van der Waals surface area contributed by atoms with Gasteiger partial charge in [-0.15, -0.1) is 0 Å². The van der Waals surface area contributed by atoms with Crippen molar-refractivity contribution in [1.29, 1.82) is 0 Å². The molecule has 116 valence electrons. The lowest BCUT2D eigenvalue weighted by atomic mass is 10.1. The van der Waals surface area contributed by atoms with Gasteiger partial charge in [-0.1, -0.05) is 42.5 Å². The molecule has 0 spiro atoms. The number of likely N-dealkylation sites (N-methyl/N-ethyl adjacent to an activating group) is 1. The molecule has 0 saturated carbocycles. The number of rotatable bonds is 6. The minimum Gasteiger partial charge on any atom is -0.354 e. The Morgan fingerprint density at radius 2 is 1.73 bits per heavy atom. The first kappa shape index (κ1) is 16.2. The zero-order valence-electron chi connectivity index (χ0n) is 12.9. The molecule has 2 aromatic carbocycles. The van der Waals surface area contributed by atoms with E-state index in [1.54, 1.807) is 12.1 Å². The highest BCUT2D eigenvalue weighted by molar-refractivity contribution is 5.83. The Morgan fingerprint density at radius 1 is 1.09 bits per heavy atom. The van der Waals surface area contributed by atoms with Crippen LogP contribution in [-0.4, -0.2) is 31.4 Å². The highest BCUT2D eigenvalue weighted by Crippen LogP contribution is 2.17. The minimum atomic E-state index is -0.311. The first-order chi connectivity index (χ1) is 10.6. The summed E-state index contributed by atoms with van der Waals surface area (Å²) in [6, 6.07) is 15.7. The smallest absolute Gasteiger partial charge is 0.241 e. The van der Waals surface area contributed by atoms with Gasteiger partial charge in [0, 0.05) is 6.54 Å². The van der Waals surface area contributed by atoms with Crippen molar-refractivity contribution in [2.24, 2.45) is 0 Å². The Bertz CT molecular complexity index is 596. The lowest BCUT2D eigenvalue weighted by Gasteiger charge is -2.23. The molecule has 0 aliphatic carbocycles. The van der Waals surface area contributed by atoms with Gasteiger partial charge in [0.05, 0.1) is 0 Å². The summed E-state index contributed by atoms with van der Waals surface area (Å²) in [5.74, 6) is -0.275. The summed E-state index contributed by atoms with van der Waals surface area (Å²) in [5.41, 5.74) is 1.97. The molecule has 0 fully saturated rings. The summed E-state index contributed by atoms with van der Waals surface area (Å²) < 4.78 is 12.8. The quantitative estimate of drug-likeness (QED) is 0.889. The van der Waals surface area contributed by atoms with Gasteiger partial charge in [0.15, 0.2) is 0 Å². The lowest BCUT2D eigenvalue weighted by molar-refractivity contribution is -0.125. The fourth-order valence-corrected chi connectivity index (χ4v) is 2.40. The Balaban J connectivity index is 1.93. The van der Waals surface area contributed by atoms with Crippen molar-refractivity contribution in [1.82, 2.24) is 10.2 Å². The molecule has 0 bridgehead atoms. The largest absolute Gasteiger partial charge is 0.354 e. The van der Waals surface area contributed by atoms with Gasteiger partial charge in [-0.05, 0) is 43.8 Å². The van der Waals surface area contributed by atoms with Crippen LogP contribution >= 0.6 is 0 Å². The summed E-state index contributed by atoms with van der Waals surface area (Å²) in [7, 11) is 3.77. The molecule has 1 atom stereocenters. The van der Waals surface area contributed by atoms with Crippen molar-refractivity contribution >= 4 is 5.91 Å². The first-order valence-electron chi connectivity index (χ1n) is 7.31. The fraction of sp³-hybridized carbons (Fsp3) is 0.278. The topological polar surface area (TPSA) is 32.3 Å². The van der Waals surface area contributed by atoms with Crippen LogP contribution in [0.25, 0.3) is 0 Å². The lowest BCUT2D eigenvalue weighted by Crippen LogP contribution is -2.37. The van der Waals surface area contributed by atoms with E-state index in [0.717, 1.165) is 11.1 Å². The number of carbonyl (C=O) groups excluding carboxylic acids is 1. The minimum absolute atomic E-state index is 0.0293. The summed E-state index contributed by atoms with van der Waals surface area (Å²) in [6.07, 6.45) is 0.682. The number of nitrogens with one attached hydrogen (secondary N) is 1. The Morgan fingerprint density at radius 3 is 2.32 bits per heavy atom. The molecule has 0 aromatic heterocycles. The zero-order valence-corrected chi connectivity index (χ0v) is 12.9. The molecule has 2 aromatic rings. The second-order valence-corrected chi connectivity index (χ2v) is 5.44. The number of hydrogen-bond acceptors (Lipinski definition) is 2. The molecule has 4 heteroatoms. The average molecular weight is 300 g/mol. The van der Waals surface area contributed by atoms with Gasteiger partial charge < -0.3 is 5.32 Å². The molecular formula is C18H21FN2O. The Labute approximate surface area is 130 Å². The van der Waals surface area contributed by atoms with E-state index in [1.807, 2.05) is 49.3 Å². The molecule has 0 radical (unpaired) electrons. The monoisotopic (exact) mass is 300 g/mol. The fourth-order valence-electron chi connectivity index (χ4n) is 2.40. The van der Waals surface area contributed by atoms with Crippen LogP contribution in [0, 0.1) is 5.82 Å². The van der Waals surface area contributed by atoms with Crippen LogP contribution in [0.15, 0.2) is 54.6 Å². The third kappa shape index (κ3) is 4.40. The molecule has 2 rings (SSSR count). The molecule has 0 unspecified atom stereocenters. The zero-order chi connectivity index (χ0) is 15.9. The van der Waals surface area contributed by atoms with Gasteiger partial charge in [-0.3, -0.25) is 9.69 Å². The van der Waals surface area contributed by atoms with Crippen molar-refractivity contribution in [3.8, 4) is 0 Å². The Kier molecular flexibility index (Phi) is 5.67. The second kappa shape index (κ2) is 7.71. The van der Waals surface area contributed by atoms with E-state index in [0.29, 0.717) is 13.0 Å². The van der Waals surface area contributed by atoms with E-state index in [1.165, 1.54) is 12.1 Å². The molecule has 22 heavy (non-hydrogen) atoms. The van der Waals surface area contributed by atoms with Gasteiger partial charge >= 0.3 is 0 Å². The average Bonchev–Trinajstić information content (AvgIpc) is 2.50. The molecule has 1 amide bonds. The van der Waals surface area contributed by atoms with Crippen molar-refractivity contribution in [2.45, 2.75) is 12.5 Å². The van der Waals surface area contributed by atoms with E-state index < -0.39 is 0 Å². The number of nitrogens with zero attached hydrogens (tertiary/aromatic N) is 1. The maximum absolute atomic E-state index is 12.8. The van der Waals surface area contributed by atoms with E-state index in [-0.39, 0.29) is 17.8 Å². The highest BCUT2D eigenvalue weighted by Gasteiger charge is 2.21. The van der Waals surface area contributed by atoms with Crippen LogP contribution in [0.2, 0.25) is 0 Å². The molecule has 1 N–H and O–H groups in total. The SMILES string of the molecule is CN(C)[C@H](C(=O)NCCc1ccc(F)cc1)c1ccccc1. The summed E-state index contributed by atoms with van der Waals surface area (Å²) in [6.45, 7) is 0.529. The maximum atomic E-state index is 12.8. The summed E-state index contributed by atoms with van der Waals surface area (Å²) >= 11 is 0. The van der Waals surface area contributed by atoms with Crippen molar-refractivity contribution < 1.29 is 9.18 Å². The van der Waals surface area contributed by atoms with Crippen LogP contribution < -0.4 is 5.32 Å². The van der Waals surface area contributed by atoms with E-state index in [9.17, 15) is 9.18 Å². The highest BCUT2D eigenvalue weighted by atomic mass is 19.1. The predicted octanol–water partition coefficient (Wildman–Crippen LogP) is 2.79. The van der Waals surface area contributed by atoms with Crippen molar-refractivity contribution in [3.63, 3.8) is 0 Å². The number of halogens is 1. The summed E-state index contributed by atoms with van der Waals surface area (Å²) in [4.78, 5) is 14.3. The van der Waals surface area contributed by atoms with Crippen LogP contribution in [0.1, 0.15) is 17.2 Å². The summed E-state index contributed by atoms with van der Waals surface area (Å²) in [5, 5.41) is 2.95. The maximum Gasteiger partial charge on any atom is 0.241 e. The Hall–Kier alpha value is -2.20. The second-order valence-electron chi connectivity index (χ2n) is 5.44. The van der Waals surface area contributed by atoms with Crippen molar-refractivity contribution in [2.75, 3.05) is 20.6 Å². The molecule has 0 saturated heterocycles. The van der Waals surface area contributed by atoms with Crippen LogP contribution in [0.4, 0.5) is 4.39 Å². The van der Waals surface area contributed by atoms with E-state index in [4.69, 9.17) is 0 Å².